The Bertz CT molecular complexity index is 615. The van der Waals surface area contributed by atoms with E-state index in [0.29, 0.717) is 12.0 Å². The fourth-order valence-corrected chi connectivity index (χ4v) is 3.60. The van der Waals surface area contributed by atoms with E-state index in [9.17, 15) is 0 Å². The van der Waals surface area contributed by atoms with Gasteiger partial charge in [-0.1, -0.05) is 0 Å². The summed E-state index contributed by atoms with van der Waals surface area (Å²) in [5.41, 5.74) is 1.24. The number of rotatable bonds is 4. The van der Waals surface area contributed by atoms with Gasteiger partial charge >= 0.3 is 0 Å². The molecule has 0 aliphatic carbocycles. The van der Waals surface area contributed by atoms with Gasteiger partial charge in [-0.25, -0.2) is 4.98 Å². The number of hydrogen-bond donors (Lipinski definition) is 0. The van der Waals surface area contributed by atoms with Crippen LogP contribution in [0.1, 0.15) is 30.9 Å². The van der Waals surface area contributed by atoms with Gasteiger partial charge in [0, 0.05) is 38.6 Å². The highest BCUT2D eigenvalue weighted by molar-refractivity contribution is 5.11. The van der Waals surface area contributed by atoms with Gasteiger partial charge in [0.2, 0.25) is 0 Å². The molecule has 118 valence electrons. The van der Waals surface area contributed by atoms with Crippen molar-refractivity contribution in [2.45, 2.75) is 32.5 Å². The minimum atomic E-state index is 0.376. The molecule has 22 heavy (non-hydrogen) atoms. The maximum atomic E-state index is 5.51. The Kier molecular flexibility index (Phi) is 3.72. The summed E-state index contributed by atoms with van der Waals surface area (Å²) in [7, 11) is 0. The van der Waals surface area contributed by atoms with Gasteiger partial charge in [-0.3, -0.25) is 9.58 Å². The molecule has 2 atom stereocenters. The van der Waals surface area contributed by atoms with Crippen LogP contribution < -0.4 is 0 Å². The third-order valence-corrected chi connectivity index (χ3v) is 4.90. The maximum Gasteiger partial charge on any atom is 0.126 e. The van der Waals surface area contributed by atoms with Gasteiger partial charge in [0.25, 0.3) is 0 Å². The molecule has 1 saturated heterocycles. The maximum absolute atomic E-state index is 5.51. The van der Waals surface area contributed by atoms with E-state index in [1.54, 1.807) is 0 Å². The molecular weight excluding hydrogens is 278 g/mol. The van der Waals surface area contributed by atoms with Gasteiger partial charge in [0.05, 0.1) is 31.1 Å². The van der Waals surface area contributed by atoms with Crippen LogP contribution in [0.15, 0.2) is 24.7 Å². The van der Waals surface area contributed by atoms with Crippen molar-refractivity contribution in [3.8, 4) is 0 Å². The van der Waals surface area contributed by atoms with Gasteiger partial charge in [0.15, 0.2) is 0 Å². The van der Waals surface area contributed by atoms with E-state index in [0.717, 1.165) is 39.4 Å². The van der Waals surface area contributed by atoms with Crippen LogP contribution in [0.25, 0.3) is 0 Å². The summed E-state index contributed by atoms with van der Waals surface area (Å²) < 4.78 is 9.83. The SMILES string of the molecule is C[C@@H]1c2ncc(Cn3cccn3)n2CCN1C[C@@H]1CCOC1. The lowest BCUT2D eigenvalue weighted by atomic mass is 10.1. The number of hydrogen-bond acceptors (Lipinski definition) is 4. The normalized spacial score (nSPS) is 25.5. The Hall–Kier alpha value is -1.66. The standard InChI is InChI=1S/C16H23N5O/c1-13-16-17-9-15(11-20-5-2-4-18-20)21(16)7-6-19(13)10-14-3-8-22-12-14/h2,4-5,9,13-14H,3,6-8,10-12H2,1H3/t13-,14+/m1/s1. The van der Waals surface area contributed by atoms with Crippen molar-refractivity contribution in [2.24, 2.45) is 5.92 Å². The summed E-state index contributed by atoms with van der Waals surface area (Å²) in [5.74, 6) is 1.87. The second-order valence-corrected chi connectivity index (χ2v) is 6.36. The van der Waals surface area contributed by atoms with Crippen molar-refractivity contribution in [1.29, 1.82) is 0 Å². The van der Waals surface area contributed by atoms with E-state index < -0.39 is 0 Å². The molecule has 0 amide bonds. The fraction of sp³-hybridized carbons (Fsp3) is 0.625. The predicted octanol–water partition coefficient (Wildman–Crippen LogP) is 1.54. The molecule has 4 heterocycles. The zero-order valence-corrected chi connectivity index (χ0v) is 13.1. The zero-order chi connectivity index (χ0) is 14.9. The third kappa shape index (κ3) is 2.57. The highest BCUT2D eigenvalue weighted by Crippen LogP contribution is 2.27. The lowest BCUT2D eigenvalue weighted by Gasteiger charge is -2.35. The van der Waals surface area contributed by atoms with Gasteiger partial charge in [-0.2, -0.15) is 5.10 Å². The molecule has 2 aromatic heterocycles. The van der Waals surface area contributed by atoms with Gasteiger partial charge in [-0.15, -0.1) is 0 Å². The summed E-state index contributed by atoms with van der Waals surface area (Å²) >= 11 is 0. The minimum absolute atomic E-state index is 0.376. The number of nitrogens with zero attached hydrogens (tertiary/aromatic N) is 5. The Morgan fingerprint density at radius 3 is 3.09 bits per heavy atom. The molecule has 0 radical (unpaired) electrons. The molecule has 2 aliphatic heterocycles. The van der Waals surface area contributed by atoms with E-state index in [2.05, 4.69) is 21.5 Å². The zero-order valence-electron chi connectivity index (χ0n) is 13.1. The summed E-state index contributed by atoms with van der Waals surface area (Å²) in [4.78, 5) is 7.25. The highest BCUT2D eigenvalue weighted by Gasteiger charge is 2.29. The fourth-order valence-electron chi connectivity index (χ4n) is 3.60. The van der Waals surface area contributed by atoms with Crippen LogP contribution in [-0.2, 0) is 17.8 Å². The van der Waals surface area contributed by atoms with Crippen LogP contribution in [0, 0.1) is 5.92 Å². The average molecular weight is 301 g/mol. The quantitative estimate of drug-likeness (QED) is 0.859. The molecule has 0 aromatic carbocycles. The molecule has 4 rings (SSSR count). The number of imidazole rings is 1. The smallest absolute Gasteiger partial charge is 0.126 e. The summed E-state index contributed by atoms with van der Waals surface area (Å²) in [6, 6.07) is 2.34. The predicted molar refractivity (Wildman–Crippen MR) is 82.5 cm³/mol. The van der Waals surface area contributed by atoms with Gasteiger partial charge in [0.1, 0.15) is 5.82 Å². The van der Waals surface area contributed by atoms with E-state index in [1.165, 1.54) is 17.9 Å². The molecular formula is C16H23N5O. The highest BCUT2D eigenvalue weighted by atomic mass is 16.5. The molecule has 6 heteroatoms. The van der Waals surface area contributed by atoms with Crippen molar-refractivity contribution >= 4 is 0 Å². The molecule has 1 fully saturated rings. The second kappa shape index (κ2) is 5.85. The monoisotopic (exact) mass is 301 g/mol. The molecule has 0 saturated carbocycles. The van der Waals surface area contributed by atoms with Crippen LogP contribution in [0.4, 0.5) is 0 Å². The summed E-state index contributed by atoms with van der Waals surface area (Å²) in [6.45, 7) is 8.14. The number of ether oxygens (including phenoxy) is 1. The lowest BCUT2D eigenvalue weighted by molar-refractivity contribution is 0.124. The summed E-state index contributed by atoms with van der Waals surface area (Å²) in [5, 5.41) is 4.29. The average Bonchev–Trinajstić information content (AvgIpc) is 3.25. The van der Waals surface area contributed by atoms with Crippen molar-refractivity contribution in [2.75, 3.05) is 26.3 Å². The van der Waals surface area contributed by atoms with Crippen LogP contribution in [0.2, 0.25) is 0 Å². The molecule has 6 nitrogen and oxygen atoms in total. The third-order valence-electron chi connectivity index (χ3n) is 4.90. The Labute approximate surface area is 130 Å². The number of fused-ring (bicyclic) bond motifs is 1. The van der Waals surface area contributed by atoms with E-state index in [4.69, 9.17) is 9.72 Å². The van der Waals surface area contributed by atoms with Crippen LogP contribution in [-0.4, -0.2) is 50.5 Å². The second-order valence-electron chi connectivity index (χ2n) is 6.36. The lowest BCUT2D eigenvalue weighted by Crippen LogP contribution is -2.40. The molecule has 0 unspecified atom stereocenters. The number of aromatic nitrogens is 4. The molecule has 0 spiro atoms. The van der Waals surface area contributed by atoms with E-state index in [-0.39, 0.29) is 0 Å². The Morgan fingerprint density at radius 1 is 1.36 bits per heavy atom. The first-order chi connectivity index (χ1) is 10.8. The van der Waals surface area contributed by atoms with E-state index >= 15 is 0 Å². The van der Waals surface area contributed by atoms with Crippen molar-refractivity contribution < 1.29 is 4.74 Å². The Morgan fingerprint density at radius 2 is 2.32 bits per heavy atom. The van der Waals surface area contributed by atoms with Crippen LogP contribution >= 0.6 is 0 Å². The Balaban J connectivity index is 1.49. The van der Waals surface area contributed by atoms with Crippen molar-refractivity contribution in [3.05, 3.63) is 36.2 Å². The molecule has 2 aliphatic rings. The van der Waals surface area contributed by atoms with Crippen LogP contribution in [0.5, 0.6) is 0 Å². The largest absolute Gasteiger partial charge is 0.381 e. The minimum Gasteiger partial charge on any atom is -0.381 e. The van der Waals surface area contributed by atoms with E-state index in [1.807, 2.05) is 29.3 Å². The molecule has 0 bridgehead atoms. The van der Waals surface area contributed by atoms with Crippen molar-refractivity contribution in [1.82, 2.24) is 24.2 Å². The molecule has 0 N–H and O–H groups in total. The summed E-state index contributed by atoms with van der Waals surface area (Å²) in [6.07, 6.45) is 7.03. The van der Waals surface area contributed by atoms with Crippen molar-refractivity contribution in [3.63, 3.8) is 0 Å². The molecule has 2 aromatic rings. The van der Waals surface area contributed by atoms with Gasteiger partial charge < -0.3 is 9.30 Å². The first-order valence-electron chi connectivity index (χ1n) is 8.15. The van der Waals surface area contributed by atoms with Crippen LogP contribution in [0.3, 0.4) is 0 Å². The first kappa shape index (κ1) is 14.0. The topological polar surface area (TPSA) is 48.1 Å². The first-order valence-corrected chi connectivity index (χ1v) is 8.15. The van der Waals surface area contributed by atoms with Gasteiger partial charge in [-0.05, 0) is 25.3 Å².